The average Bonchev–Trinajstić information content (AvgIpc) is 2.94. The Hall–Kier alpha value is -1.29. The fraction of sp³-hybridized carbons (Fsp3) is 0.571. The van der Waals surface area contributed by atoms with Crippen LogP contribution in [-0.4, -0.2) is 46.1 Å². The molecule has 6 nitrogen and oxygen atoms in total. The Kier molecular flexibility index (Phi) is 10.8. The number of fused-ring (bicyclic) bond motifs is 1. The first-order valence-corrected chi connectivity index (χ1v) is 11.2. The van der Waals surface area contributed by atoms with E-state index in [2.05, 4.69) is 67.6 Å². The predicted molar refractivity (Wildman–Crippen MR) is 132 cm³/mol. The molecule has 0 radical (unpaired) electrons. The molecule has 160 valence electrons. The minimum Gasteiger partial charge on any atom is -0.356 e. The molecule has 2 N–H and O–H groups in total. The van der Waals surface area contributed by atoms with Gasteiger partial charge in [-0.15, -0.1) is 45.9 Å². The number of halogens is 1. The lowest BCUT2D eigenvalue weighted by atomic mass is 10.2. The zero-order valence-corrected chi connectivity index (χ0v) is 20.6. The molecular formula is C21H33IN6S. The maximum atomic E-state index is 4.41. The van der Waals surface area contributed by atoms with E-state index in [4.69, 9.17) is 0 Å². The number of thioether (sulfide) groups is 1. The summed E-state index contributed by atoms with van der Waals surface area (Å²) in [5, 5.41) is 16.1. The van der Waals surface area contributed by atoms with Crippen molar-refractivity contribution >= 4 is 41.7 Å². The third kappa shape index (κ3) is 7.81. The van der Waals surface area contributed by atoms with Gasteiger partial charge in [-0.3, -0.25) is 4.99 Å². The van der Waals surface area contributed by atoms with Crippen molar-refractivity contribution in [2.45, 2.75) is 62.1 Å². The summed E-state index contributed by atoms with van der Waals surface area (Å²) in [6, 6.07) is 10.5. The number of guanidine groups is 1. The summed E-state index contributed by atoms with van der Waals surface area (Å²) in [5.74, 6) is 3.16. The summed E-state index contributed by atoms with van der Waals surface area (Å²) in [6.45, 7) is 5.05. The number of aliphatic imine (C=N–C) groups is 1. The average molecular weight is 529 g/mol. The second-order valence-corrected chi connectivity index (χ2v) is 8.73. The number of hydrogen-bond acceptors (Lipinski definition) is 4. The SMILES string of the molecule is CN=C(NCCCc1nnc2n1CCCCC2)NCC(C)Sc1ccccc1.I. The number of nitrogens with one attached hydrogen (secondary N) is 2. The molecule has 8 heteroatoms. The fourth-order valence-corrected chi connectivity index (χ4v) is 4.36. The second kappa shape index (κ2) is 13.1. The van der Waals surface area contributed by atoms with E-state index in [1.807, 2.05) is 18.8 Å². The van der Waals surface area contributed by atoms with Gasteiger partial charge in [-0.1, -0.05) is 31.5 Å². The van der Waals surface area contributed by atoms with Crippen molar-refractivity contribution in [3.05, 3.63) is 42.0 Å². The van der Waals surface area contributed by atoms with Gasteiger partial charge in [-0.25, -0.2) is 0 Å². The smallest absolute Gasteiger partial charge is 0.191 e. The molecule has 0 fully saturated rings. The number of benzene rings is 1. The van der Waals surface area contributed by atoms with Crippen LogP contribution in [0.25, 0.3) is 0 Å². The molecular weight excluding hydrogens is 495 g/mol. The van der Waals surface area contributed by atoms with E-state index in [-0.39, 0.29) is 24.0 Å². The van der Waals surface area contributed by atoms with Crippen LogP contribution >= 0.6 is 35.7 Å². The highest BCUT2D eigenvalue weighted by Gasteiger charge is 2.14. The van der Waals surface area contributed by atoms with Crippen LogP contribution in [0.2, 0.25) is 0 Å². The van der Waals surface area contributed by atoms with Gasteiger partial charge >= 0.3 is 0 Å². The summed E-state index contributed by atoms with van der Waals surface area (Å²) in [7, 11) is 1.82. The summed E-state index contributed by atoms with van der Waals surface area (Å²) < 4.78 is 2.34. The van der Waals surface area contributed by atoms with Crippen LogP contribution in [0.5, 0.6) is 0 Å². The first kappa shape index (κ1) is 24.0. The highest BCUT2D eigenvalue weighted by molar-refractivity contribution is 14.0. The van der Waals surface area contributed by atoms with E-state index >= 15 is 0 Å². The summed E-state index contributed by atoms with van der Waals surface area (Å²) in [6.07, 6.45) is 6.83. The lowest BCUT2D eigenvalue weighted by Crippen LogP contribution is -2.40. The van der Waals surface area contributed by atoms with Gasteiger partial charge in [0.15, 0.2) is 5.96 Å². The largest absolute Gasteiger partial charge is 0.356 e. The lowest BCUT2D eigenvalue weighted by Gasteiger charge is -2.16. The second-order valence-electron chi connectivity index (χ2n) is 7.22. The molecule has 29 heavy (non-hydrogen) atoms. The van der Waals surface area contributed by atoms with Crippen LogP contribution in [-0.2, 0) is 19.4 Å². The maximum Gasteiger partial charge on any atom is 0.191 e. The molecule has 0 amide bonds. The monoisotopic (exact) mass is 528 g/mol. The molecule has 2 aromatic rings. The molecule has 1 aromatic heterocycles. The molecule has 0 aliphatic carbocycles. The van der Waals surface area contributed by atoms with Crippen LogP contribution in [0, 0.1) is 0 Å². The van der Waals surface area contributed by atoms with Crippen LogP contribution in [0.15, 0.2) is 40.2 Å². The lowest BCUT2D eigenvalue weighted by molar-refractivity contribution is 0.594. The minimum absolute atomic E-state index is 0. The zero-order chi connectivity index (χ0) is 19.6. The van der Waals surface area contributed by atoms with Gasteiger partial charge in [0.1, 0.15) is 11.6 Å². The van der Waals surface area contributed by atoms with Gasteiger partial charge in [-0.2, -0.15) is 0 Å². The zero-order valence-electron chi connectivity index (χ0n) is 17.4. The first-order chi connectivity index (χ1) is 13.8. The third-order valence-electron chi connectivity index (χ3n) is 4.92. The molecule has 3 rings (SSSR count). The van der Waals surface area contributed by atoms with Crippen molar-refractivity contribution in [3.8, 4) is 0 Å². The van der Waals surface area contributed by atoms with E-state index in [0.29, 0.717) is 5.25 Å². The van der Waals surface area contributed by atoms with E-state index in [9.17, 15) is 0 Å². The molecule has 1 aliphatic heterocycles. The number of aryl methyl sites for hydroxylation is 2. The number of aromatic nitrogens is 3. The molecule has 0 bridgehead atoms. The molecule has 1 unspecified atom stereocenters. The van der Waals surface area contributed by atoms with Crippen molar-refractivity contribution in [2.24, 2.45) is 4.99 Å². The van der Waals surface area contributed by atoms with Crippen molar-refractivity contribution in [1.82, 2.24) is 25.4 Å². The van der Waals surface area contributed by atoms with Gasteiger partial charge in [0, 0.05) is 49.7 Å². The predicted octanol–water partition coefficient (Wildman–Crippen LogP) is 3.90. The van der Waals surface area contributed by atoms with Crippen molar-refractivity contribution in [2.75, 3.05) is 20.1 Å². The van der Waals surface area contributed by atoms with Gasteiger partial charge in [0.2, 0.25) is 0 Å². The Morgan fingerprint density at radius 2 is 2.00 bits per heavy atom. The van der Waals surface area contributed by atoms with Crippen molar-refractivity contribution < 1.29 is 0 Å². The Morgan fingerprint density at radius 1 is 1.17 bits per heavy atom. The van der Waals surface area contributed by atoms with E-state index in [1.165, 1.54) is 30.0 Å². The van der Waals surface area contributed by atoms with Gasteiger partial charge in [-0.05, 0) is 31.4 Å². The fourth-order valence-electron chi connectivity index (χ4n) is 3.42. The van der Waals surface area contributed by atoms with Gasteiger partial charge in [0.25, 0.3) is 0 Å². The molecule has 0 saturated carbocycles. The number of hydrogen-bond donors (Lipinski definition) is 2. The van der Waals surface area contributed by atoms with Crippen molar-refractivity contribution in [1.29, 1.82) is 0 Å². The highest BCUT2D eigenvalue weighted by Crippen LogP contribution is 2.21. The highest BCUT2D eigenvalue weighted by atomic mass is 127. The molecule has 0 spiro atoms. The Balaban J connectivity index is 0.00000300. The number of rotatable bonds is 8. The van der Waals surface area contributed by atoms with E-state index < -0.39 is 0 Å². The number of nitrogens with zero attached hydrogens (tertiary/aromatic N) is 4. The minimum atomic E-state index is 0. The summed E-state index contributed by atoms with van der Waals surface area (Å²) >= 11 is 1.87. The van der Waals surface area contributed by atoms with Gasteiger partial charge < -0.3 is 15.2 Å². The van der Waals surface area contributed by atoms with Gasteiger partial charge in [0.05, 0.1) is 0 Å². The summed E-state index contributed by atoms with van der Waals surface area (Å²) in [5.41, 5.74) is 0. The Morgan fingerprint density at radius 3 is 2.79 bits per heavy atom. The van der Waals surface area contributed by atoms with Crippen LogP contribution in [0.1, 0.15) is 44.3 Å². The van der Waals surface area contributed by atoms with Crippen LogP contribution in [0.3, 0.4) is 0 Å². The van der Waals surface area contributed by atoms with E-state index in [0.717, 1.165) is 50.7 Å². The molecule has 1 aliphatic rings. The first-order valence-electron chi connectivity index (χ1n) is 10.3. The Labute approximate surface area is 195 Å². The topological polar surface area (TPSA) is 67.1 Å². The molecule has 1 aromatic carbocycles. The van der Waals surface area contributed by atoms with E-state index in [1.54, 1.807) is 0 Å². The Bertz CT molecular complexity index is 749. The molecule has 0 saturated heterocycles. The van der Waals surface area contributed by atoms with Crippen LogP contribution in [0.4, 0.5) is 0 Å². The standard InChI is InChI=1S/C21H32N6S.HI/c1-17(28-18-10-5-3-6-11-18)16-24-21(22-2)23-14-9-13-20-26-25-19-12-7-4-8-15-27(19)20;/h3,5-6,10-11,17H,4,7-9,12-16H2,1-2H3,(H2,22,23,24);1H. The normalized spacial score (nSPS) is 15.0. The van der Waals surface area contributed by atoms with Crippen molar-refractivity contribution in [3.63, 3.8) is 0 Å². The molecule has 1 atom stereocenters. The van der Waals surface area contributed by atoms with Crippen LogP contribution < -0.4 is 10.6 Å². The maximum absolute atomic E-state index is 4.41. The third-order valence-corrected chi connectivity index (χ3v) is 6.03. The quantitative estimate of drug-likeness (QED) is 0.179. The summed E-state index contributed by atoms with van der Waals surface area (Å²) in [4.78, 5) is 5.63. The molecule has 2 heterocycles.